The molecule has 7 nitrogen and oxygen atoms in total. The van der Waals surface area contributed by atoms with Crippen molar-refractivity contribution < 1.29 is 27.6 Å². The van der Waals surface area contributed by atoms with Gasteiger partial charge < -0.3 is 16.4 Å². The molecule has 4 rings (SSSR count). The maximum Gasteiger partial charge on any atom is 0.389 e. The molecule has 2 aliphatic rings. The Morgan fingerprint density at radius 1 is 1.13 bits per heavy atom. The summed E-state index contributed by atoms with van der Waals surface area (Å²) in [5, 5.41) is 5.72. The summed E-state index contributed by atoms with van der Waals surface area (Å²) in [5.41, 5.74) is 7.05. The Labute approximate surface area is 227 Å². The second-order valence-corrected chi connectivity index (χ2v) is 10.3. The smallest absolute Gasteiger partial charge is 0.369 e. The molecule has 0 saturated heterocycles. The molecule has 0 unspecified atom stereocenters. The number of anilines is 1. The average Bonchev–Trinajstić information content (AvgIpc) is 3.66. The number of primary amides is 1. The van der Waals surface area contributed by atoms with Crippen LogP contribution in [0.1, 0.15) is 43.2 Å². The first-order chi connectivity index (χ1) is 17.9. The van der Waals surface area contributed by atoms with Gasteiger partial charge in [0.15, 0.2) is 0 Å². The number of rotatable bonds is 9. The molecule has 1 fully saturated rings. The number of hydrogen-bond acceptors (Lipinski definition) is 4. The number of hydrogen-bond donors (Lipinski definition) is 3. The van der Waals surface area contributed by atoms with E-state index in [2.05, 4.69) is 15.6 Å². The van der Waals surface area contributed by atoms with E-state index in [9.17, 15) is 27.6 Å². The van der Waals surface area contributed by atoms with Crippen molar-refractivity contribution in [3.8, 4) is 0 Å². The number of aliphatic imine (C=N–C) groups is 1. The van der Waals surface area contributed by atoms with Gasteiger partial charge in [-0.2, -0.15) is 13.2 Å². The van der Waals surface area contributed by atoms with E-state index in [0.29, 0.717) is 16.1 Å². The Morgan fingerprint density at radius 2 is 1.84 bits per heavy atom. The van der Waals surface area contributed by atoms with Crippen LogP contribution in [0.15, 0.2) is 47.5 Å². The quantitative estimate of drug-likeness (QED) is 0.391. The van der Waals surface area contributed by atoms with Gasteiger partial charge in [0, 0.05) is 34.4 Å². The molecule has 12 heteroatoms. The molecule has 0 bridgehead atoms. The SMILES string of the molecule is NC(=O)[C@@H](CC1CC1)[C@@H](CCC(F)(F)F)C(=O)N[C@H]1N=C(c2cccc(Cl)c2)c2cccc(Cl)c2NC1=O. The minimum absolute atomic E-state index is 0.124. The van der Waals surface area contributed by atoms with Gasteiger partial charge in [-0.1, -0.05) is 60.3 Å². The zero-order valence-electron chi connectivity index (χ0n) is 20.0. The van der Waals surface area contributed by atoms with Crippen LogP contribution in [0.3, 0.4) is 0 Å². The molecule has 38 heavy (non-hydrogen) atoms. The van der Waals surface area contributed by atoms with Gasteiger partial charge in [0.2, 0.25) is 18.0 Å². The van der Waals surface area contributed by atoms with Crippen molar-refractivity contribution in [1.82, 2.24) is 5.32 Å². The highest BCUT2D eigenvalue weighted by Crippen LogP contribution is 2.39. The number of carbonyl (C=O) groups is 3. The third-order valence-corrected chi connectivity index (χ3v) is 7.16. The van der Waals surface area contributed by atoms with Crippen LogP contribution in [0.25, 0.3) is 0 Å². The van der Waals surface area contributed by atoms with Crippen LogP contribution in [0.2, 0.25) is 10.0 Å². The summed E-state index contributed by atoms with van der Waals surface area (Å²) in [5.74, 6) is -4.89. The average molecular weight is 569 g/mol. The summed E-state index contributed by atoms with van der Waals surface area (Å²) in [6.07, 6.45) is -6.17. The molecule has 1 saturated carbocycles. The second-order valence-electron chi connectivity index (χ2n) is 9.50. The van der Waals surface area contributed by atoms with E-state index in [4.69, 9.17) is 28.9 Å². The highest BCUT2D eigenvalue weighted by atomic mass is 35.5. The van der Waals surface area contributed by atoms with E-state index in [0.717, 1.165) is 12.8 Å². The second kappa shape index (κ2) is 11.3. The standard InChI is InChI=1S/C26H25Cl2F3N4O3/c27-15-4-1-3-14(12-15)20-17-5-2-6-19(28)21(17)34-25(38)23(33-20)35-24(37)16(9-10-26(29,30)31)18(22(32)36)11-13-7-8-13/h1-6,12-13,16,18,23H,7-11H2,(H2,32,36)(H,34,38)(H,35,37)/t16-,18+,23-/m1/s1. The van der Waals surface area contributed by atoms with Crippen LogP contribution >= 0.6 is 23.2 Å². The first-order valence-electron chi connectivity index (χ1n) is 12.0. The fourth-order valence-corrected chi connectivity index (χ4v) is 4.94. The lowest BCUT2D eigenvalue weighted by Crippen LogP contribution is -2.48. The number of nitrogens with two attached hydrogens (primary N) is 1. The highest BCUT2D eigenvalue weighted by molar-refractivity contribution is 6.36. The van der Waals surface area contributed by atoms with Gasteiger partial charge in [0.05, 0.1) is 16.4 Å². The van der Waals surface area contributed by atoms with Gasteiger partial charge in [0.1, 0.15) is 0 Å². The third kappa shape index (κ3) is 6.85. The summed E-state index contributed by atoms with van der Waals surface area (Å²) in [6.45, 7) is 0. The Morgan fingerprint density at radius 3 is 2.47 bits per heavy atom. The van der Waals surface area contributed by atoms with E-state index in [1.165, 1.54) is 0 Å². The molecule has 202 valence electrons. The predicted octanol–water partition coefficient (Wildman–Crippen LogP) is 5.09. The lowest BCUT2D eigenvalue weighted by Gasteiger charge is -2.26. The lowest BCUT2D eigenvalue weighted by molar-refractivity contribution is -0.146. The van der Waals surface area contributed by atoms with Crippen LogP contribution in [-0.4, -0.2) is 35.8 Å². The fraction of sp³-hybridized carbons (Fsp3) is 0.385. The zero-order valence-corrected chi connectivity index (χ0v) is 21.5. The molecule has 3 atom stereocenters. The topological polar surface area (TPSA) is 114 Å². The number of halogens is 5. The Hall–Kier alpha value is -3.11. The van der Waals surface area contributed by atoms with Crippen molar-refractivity contribution in [1.29, 1.82) is 0 Å². The first-order valence-corrected chi connectivity index (χ1v) is 12.8. The zero-order chi connectivity index (χ0) is 27.6. The molecule has 2 aromatic rings. The number of benzene rings is 2. The number of fused-ring (bicyclic) bond motifs is 1. The van der Waals surface area contributed by atoms with Gasteiger partial charge in [0.25, 0.3) is 5.91 Å². The maximum absolute atomic E-state index is 13.4. The van der Waals surface area contributed by atoms with Gasteiger partial charge in [-0.05, 0) is 37.0 Å². The molecule has 0 spiro atoms. The van der Waals surface area contributed by atoms with Crippen molar-refractivity contribution in [3.05, 3.63) is 63.6 Å². The van der Waals surface area contributed by atoms with Gasteiger partial charge in [-0.3, -0.25) is 14.4 Å². The molecule has 1 aliphatic carbocycles. The van der Waals surface area contributed by atoms with Crippen molar-refractivity contribution in [2.45, 2.75) is 44.4 Å². The molecule has 0 aromatic heterocycles. The number of benzodiazepines with no additional fused rings is 1. The van der Waals surface area contributed by atoms with Crippen LogP contribution < -0.4 is 16.4 Å². The van der Waals surface area contributed by atoms with E-state index >= 15 is 0 Å². The molecule has 0 radical (unpaired) electrons. The Kier molecular flexibility index (Phi) is 8.32. The molecule has 1 heterocycles. The monoisotopic (exact) mass is 568 g/mol. The Balaban J connectivity index is 1.69. The van der Waals surface area contributed by atoms with E-state index in [1.54, 1.807) is 42.5 Å². The summed E-state index contributed by atoms with van der Waals surface area (Å²) in [4.78, 5) is 43.2. The Bertz CT molecular complexity index is 1280. The summed E-state index contributed by atoms with van der Waals surface area (Å²) in [7, 11) is 0. The lowest BCUT2D eigenvalue weighted by atomic mass is 9.83. The first kappa shape index (κ1) is 27.9. The van der Waals surface area contributed by atoms with Gasteiger partial charge in [-0.15, -0.1) is 0 Å². The minimum Gasteiger partial charge on any atom is -0.369 e. The number of nitrogens with one attached hydrogen (secondary N) is 2. The molecule has 1 aliphatic heterocycles. The van der Waals surface area contributed by atoms with Crippen LogP contribution in [0.4, 0.5) is 18.9 Å². The maximum atomic E-state index is 13.4. The molecule has 4 N–H and O–H groups in total. The van der Waals surface area contributed by atoms with Crippen LogP contribution in [0.5, 0.6) is 0 Å². The third-order valence-electron chi connectivity index (χ3n) is 6.61. The molecule has 3 amide bonds. The number of alkyl halides is 3. The van der Waals surface area contributed by atoms with Gasteiger partial charge in [-0.25, -0.2) is 4.99 Å². The summed E-state index contributed by atoms with van der Waals surface area (Å²) >= 11 is 12.5. The van der Waals surface area contributed by atoms with E-state index in [1.807, 2.05) is 0 Å². The highest BCUT2D eigenvalue weighted by Gasteiger charge is 2.41. The number of carbonyl (C=O) groups excluding carboxylic acids is 3. The summed E-state index contributed by atoms with van der Waals surface area (Å²) in [6, 6.07) is 11.6. The van der Waals surface area contributed by atoms with Crippen LogP contribution in [-0.2, 0) is 14.4 Å². The van der Waals surface area contributed by atoms with Crippen molar-refractivity contribution in [2.24, 2.45) is 28.5 Å². The van der Waals surface area contributed by atoms with E-state index in [-0.39, 0.29) is 28.8 Å². The molecule has 2 aromatic carbocycles. The largest absolute Gasteiger partial charge is 0.389 e. The number of para-hydroxylation sites is 1. The minimum atomic E-state index is -4.55. The normalized spacial score (nSPS) is 18.9. The summed E-state index contributed by atoms with van der Waals surface area (Å²) < 4.78 is 39.3. The molecular weight excluding hydrogens is 544 g/mol. The number of nitrogens with zero attached hydrogens (tertiary/aromatic N) is 1. The van der Waals surface area contributed by atoms with E-state index < -0.39 is 54.7 Å². The molecular formula is C26H25Cl2F3N4O3. The predicted molar refractivity (Wildman–Crippen MR) is 138 cm³/mol. The van der Waals surface area contributed by atoms with Crippen molar-refractivity contribution in [3.63, 3.8) is 0 Å². The number of amides is 3. The fourth-order valence-electron chi connectivity index (χ4n) is 4.53. The van der Waals surface area contributed by atoms with Crippen molar-refractivity contribution >= 4 is 52.3 Å². The van der Waals surface area contributed by atoms with Crippen molar-refractivity contribution in [2.75, 3.05) is 5.32 Å². The van der Waals surface area contributed by atoms with Gasteiger partial charge >= 0.3 is 6.18 Å². The van der Waals surface area contributed by atoms with Crippen LogP contribution in [0, 0.1) is 17.8 Å².